The first-order valence-electron chi connectivity index (χ1n) is 5.74. The number of sulfonamides is 1. The zero-order valence-electron chi connectivity index (χ0n) is 9.73. The molecule has 0 unspecified atom stereocenters. The van der Waals surface area contributed by atoms with E-state index in [4.69, 9.17) is 0 Å². The maximum Gasteiger partial charge on any atom is 0.253 e. The van der Waals surface area contributed by atoms with E-state index in [0.717, 1.165) is 25.7 Å². The van der Waals surface area contributed by atoms with E-state index >= 15 is 0 Å². The van der Waals surface area contributed by atoms with Crippen LogP contribution in [0.3, 0.4) is 0 Å². The molecule has 0 amide bonds. The number of rotatable bonds is 3. The molecule has 1 aromatic rings. The van der Waals surface area contributed by atoms with Crippen molar-refractivity contribution in [2.75, 3.05) is 7.05 Å². The summed E-state index contributed by atoms with van der Waals surface area (Å²) in [5.41, 5.74) is 0. The van der Waals surface area contributed by atoms with Crippen molar-refractivity contribution in [2.45, 2.75) is 42.4 Å². The lowest BCUT2D eigenvalue weighted by molar-refractivity contribution is 0.286. The average Bonchev–Trinajstić information content (AvgIpc) is 2.76. The third-order valence-electron chi connectivity index (χ3n) is 3.29. The third-order valence-corrected chi connectivity index (χ3v) is 7.84. The predicted molar refractivity (Wildman–Crippen MR) is 73.8 cm³/mol. The Bertz CT molecular complexity index is 477. The summed E-state index contributed by atoms with van der Waals surface area (Å²) in [6.07, 6.45) is 5.47. The molecule has 1 aromatic heterocycles. The summed E-state index contributed by atoms with van der Waals surface area (Å²) in [6, 6.07) is 1.95. The van der Waals surface area contributed by atoms with Gasteiger partial charge in [0.25, 0.3) is 10.0 Å². The fourth-order valence-corrected chi connectivity index (χ4v) is 6.13. The van der Waals surface area contributed by atoms with Gasteiger partial charge in [-0.15, -0.1) is 11.3 Å². The van der Waals surface area contributed by atoms with E-state index in [-0.39, 0.29) is 6.04 Å². The molecule has 1 heterocycles. The Labute approximate surface area is 115 Å². The Morgan fingerprint density at radius 1 is 1.35 bits per heavy atom. The largest absolute Gasteiger partial charge is 0.253 e. The van der Waals surface area contributed by atoms with Crippen LogP contribution < -0.4 is 0 Å². The SMILES string of the molecule is CN(C1CCCCC1)S(=O)(=O)c1sccc1Br. The van der Waals surface area contributed by atoms with Gasteiger partial charge in [0.05, 0.1) is 0 Å². The van der Waals surface area contributed by atoms with Crippen LogP contribution in [0.15, 0.2) is 20.1 Å². The Morgan fingerprint density at radius 2 is 2.00 bits per heavy atom. The van der Waals surface area contributed by atoms with Gasteiger partial charge in [-0.1, -0.05) is 19.3 Å². The molecule has 3 nitrogen and oxygen atoms in total. The molecule has 0 aliphatic heterocycles. The van der Waals surface area contributed by atoms with Gasteiger partial charge in [0.15, 0.2) is 0 Å². The van der Waals surface area contributed by atoms with E-state index in [1.807, 2.05) is 0 Å². The minimum Gasteiger partial charge on any atom is -0.206 e. The Kier molecular flexibility index (Phi) is 4.28. The van der Waals surface area contributed by atoms with Crippen LogP contribution in [0.5, 0.6) is 0 Å². The molecule has 1 saturated carbocycles. The van der Waals surface area contributed by atoms with Crippen LogP contribution >= 0.6 is 27.3 Å². The molecule has 0 atom stereocenters. The fourth-order valence-electron chi connectivity index (χ4n) is 2.24. The zero-order valence-corrected chi connectivity index (χ0v) is 12.9. The van der Waals surface area contributed by atoms with E-state index < -0.39 is 10.0 Å². The van der Waals surface area contributed by atoms with Crippen LogP contribution in [-0.4, -0.2) is 25.8 Å². The van der Waals surface area contributed by atoms with Crippen molar-refractivity contribution >= 4 is 37.3 Å². The van der Waals surface area contributed by atoms with E-state index in [9.17, 15) is 8.42 Å². The topological polar surface area (TPSA) is 37.4 Å². The van der Waals surface area contributed by atoms with Gasteiger partial charge >= 0.3 is 0 Å². The Morgan fingerprint density at radius 3 is 2.53 bits per heavy atom. The maximum atomic E-state index is 12.4. The van der Waals surface area contributed by atoms with E-state index in [2.05, 4.69) is 15.9 Å². The summed E-state index contributed by atoms with van der Waals surface area (Å²) >= 11 is 4.57. The predicted octanol–water partition coefficient (Wildman–Crippen LogP) is 3.46. The summed E-state index contributed by atoms with van der Waals surface area (Å²) in [6.45, 7) is 0. The summed E-state index contributed by atoms with van der Waals surface area (Å²) in [4.78, 5) is 0. The minimum absolute atomic E-state index is 0.169. The molecule has 0 bridgehead atoms. The highest BCUT2D eigenvalue weighted by atomic mass is 79.9. The Balaban J connectivity index is 2.23. The highest BCUT2D eigenvalue weighted by molar-refractivity contribution is 9.10. The number of thiophene rings is 1. The van der Waals surface area contributed by atoms with Gasteiger partial charge in [0.1, 0.15) is 4.21 Å². The summed E-state index contributed by atoms with van der Waals surface area (Å²) < 4.78 is 27.5. The molecule has 2 rings (SSSR count). The second-order valence-electron chi connectivity index (χ2n) is 4.37. The molecule has 1 aliphatic carbocycles. The van der Waals surface area contributed by atoms with Gasteiger partial charge in [0, 0.05) is 17.6 Å². The fraction of sp³-hybridized carbons (Fsp3) is 0.636. The van der Waals surface area contributed by atoms with Gasteiger partial charge in [0.2, 0.25) is 0 Å². The lowest BCUT2D eigenvalue weighted by Crippen LogP contribution is -2.38. The smallest absolute Gasteiger partial charge is 0.206 e. The van der Waals surface area contributed by atoms with Crippen LogP contribution in [0.4, 0.5) is 0 Å². The molecule has 0 spiro atoms. The van der Waals surface area contributed by atoms with Crippen LogP contribution in [0, 0.1) is 0 Å². The normalized spacial score (nSPS) is 18.8. The van der Waals surface area contributed by atoms with Crippen molar-refractivity contribution in [3.05, 3.63) is 15.9 Å². The molecule has 0 aromatic carbocycles. The van der Waals surface area contributed by atoms with Crippen LogP contribution in [-0.2, 0) is 10.0 Å². The first-order chi connectivity index (χ1) is 8.03. The van der Waals surface area contributed by atoms with E-state index in [1.54, 1.807) is 22.8 Å². The highest BCUT2D eigenvalue weighted by Gasteiger charge is 2.31. The summed E-state index contributed by atoms with van der Waals surface area (Å²) in [5, 5.41) is 1.80. The molecule has 1 aliphatic rings. The molecule has 0 N–H and O–H groups in total. The number of hydrogen-bond acceptors (Lipinski definition) is 3. The minimum atomic E-state index is -3.32. The van der Waals surface area contributed by atoms with Gasteiger partial charge < -0.3 is 0 Å². The van der Waals surface area contributed by atoms with Gasteiger partial charge in [-0.2, -0.15) is 4.31 Å². The monoisotopic (exact) mass is 337 g/mol. The van der Waals surface area contributed by atoms with Crippen LogP contribution in [0.1, 0.15) is 32.1 Å². The maximum absolute atomic E-state index is 12.4. The summed E-state index contributed by atoms with van der Waals surface area (Å²) in [5.74, 6) is 0. The molecule has 17 heavy (non-hydrogen) atoms. The molecule has 0 radical (unpaired) electrons. The molecular formula is C11H16BrNO2S2. The second-order valence-corrected chi connectivity index (χ2v) is 8.33. The van der Waals surface area contributed by atoms with Crippen molar-refractivity contribution in [3.63, 3.8) is 0 Å². The molecule has 1 fully saturated rings. The number of hydrogen-bond donors (Lipinski definition) is 0. The van der Waals surface area contributed by atoms with Crippen molar-refractivity contribution in [1.82, 2.24) is 4.31 Å². The van der Waals surface area contributed by atoms with Gasteiger partial charge in [-0.3, -0.25) is 0 Å². The van der Waals surface area contributed by atoms with Gasteiger partial charge in [-0.05, 0) is 40.2 Å². The van der Waals surface area contributed by atoms with E-state index in [0.29, 0.717) is 8.68 Å². The van der Waals surface area contributed by atoms with Crippen molar-refractivity contribution in [1.29, 1.82) is 0 Å². The first-order valence-corrected chi connectivity index (χ1v) is 8.86. The van der Waals surface area contributed by atoms with Crippen molar-refractivity contribution in [3.8, 4) is 0 Å². The lowest BCUT2D eigenvalue weighted by atomic mass is 9.96. The second kappa shape index (κ2) is 5.38. The molecular weight excluding hydrogens is 322 g/mol. The first kappa shape index (κ1) is 13.5. The Hall–Kier alpha value is 0.0900. The standard InChI is InChI=1S/C11H16BrNO2S2/c1-13(9-5-3-2-4-6-9)17(14,15)11-10(12)7-8-16-11/h7-9H,2-6H2,1H3. The molecule has 6 heteroatoms. The lowest BCUT2D eigenvalue weighted by Gasteiger charge is -2.30. The average molecular weight is 338 g/mol. The number of halogens is 1. The van der Waals surface area contributed by atoms with Crippen LogP contribution in [0.2, 0.25) is 0 Å². The molecule has 96 valence electrons. The quantitative estimate of drug-likeness (QED) is 0.846. The molecule has 0 saturated heterocycles. The van der Waals surface area contributed by atoms with Gasteiger partial charge in [-0.25, -0.2) is 8.42 Å². The third kappa shape index (κ3) is 2.75. The van der Waals surface area contributed by atoms with Crippen molar-refractivity contribution < 1.29 is 8.42 Å². The van der Waals surface area contributed by atoms with E-state index in [1.165, 1.54) is 17.8 Å². The number of nitrogens with zero attached hydrogens (tertiary/aromatic N) is 1. The summed E-state index contributed by atoms with van der Waals surface area (Å²) in [7, 11) is -1.62. The van der Waals surface area contributed by atoms with Crippen molar-refractivity contribution in [2.24, 2.45) is 0 Å². The highest BCUT2D eigenvalue weighted by Crippen LogP contribution is 2.33. The van der Waals surface area contributed by atoms with Crippen LogP contribution in [0.25, 0.3) is 0 Å². The zero-order chi connectivity index (χ0) is 12.5.